The van der Waals surface area contributed by atoms with E-state index in [1.807, 2.05) is 0 Å². The van der Waals surface area contributed by atoms with Gasteiger partial charge in [0.1, 0.15) is 4.90 Å². The molecule has 1 aromatic heterocycles. The Morgan fingerprint density at radius 3 is 2.43 bits per heavy atom. The number of anilines is 1. The fraction of sp³-hybridized carbons (Fsp3) is 0.111. The summed E-state index contributed by atoms with van der Waals surface area (Å²) in [6.45, 7) is 1.79. The standard InChI is InChI=1S/C18H15Cl3N4O2S/c1-10-13(9-23-18(22)25-10)12-3-5-15(20)17(7-12)28(26,27)24-8-11-2-4-14(19)16(21)6-11/h2-7,9,24H,8H2,1H3,(H2,22,23,25). The minimum atomic E-state index is -3.89. The molecule has 0 atom stereocenters. The van der Waals surface area contributed by atoms with E-state index in [4.69, 9.17) is 40.5 Å². The Morgan fingerprint density at radius 1 is 1.04 bits per heavy atom. The van der Waals surface area contributed by atoms with Crippen LogP contribution in [0.5, 0.6) is 0 Å². The highest BCUT2D eigenvalue weighted by atomic mass is 35.5. The first-order valence-corrected chi connectivity index (χ1v) is 10.6. The van der Waals surface area contributed by atoms with Crippen LogP contribution >= 0.6 is 34.8 Å². The number of nitrogens with one attached hydrogen (secondary N) is 1. The summed E-state index contributed by atoms with van der Waals surface area (Å²) in [5.41, 5.74) is 8.13. The minimum absolute atomic E-state index is 0.0315. The molecular formula is C18H15Cl3N4O2S. The van der Waals surface area contributed by atoms with E-state index < -0.39 is 10.0 Å². The van der Waals surface area contributed by atoms with Gasteiger partial charge in [0.2, 0.25) is 16.0 Å². The topological polar surface area (TPSA) is 98.0 Å². The van der Waals surface area contributed by atoms with Gasteiger partial charge in [-0.2, -0.15) is 0 Å². The predicted molar refractivity (Wildman–Crippen MR) is 112 cm³/mol. The number of sulfonamides is 1. The predicted octanol–water partition coefficient (Wildman–Crippen LogP) is 4.47. The second-order valence-corrected chi connectivity index (χ2v) is 8.90. The van der Waals surface area contributed by atoms with Gasteiger partial charge in [-0.3, -0.25) is 0 Å². The number of hydrogen-bond donors (Lipinski definition) is 2. The maximum atomic E-state index is 12.8. The molecule has 0 saturated heterocycles. The largest absolute Gasteiger partial charge is 0.368 e. The summed E-state index contributed by atoms with van der Waals surface area (Å²) in [7, 11) is -3.89. The summed E-state index contributed by atoms with van der Waals surface area (Å²) >= 11 is 18.0. The first-order valence-electron chi connectivity index (χ1n) is 8.00. The van der Waals surface area contributed by atoms with Crippen molar-refractivity contribution in [2.45, 2.75) is 18.4 Å². The second-order valence-electron chi connectivity index (χ2n) is 5.95. The van der Waals surface area contributed by atoms with Gasteiger partial charge in [0, 0.05) is 18.3 Å². The first-order chi connectivity index (χ1) is 13.2. The molecule has 0 unspecified atom stereocenters. The van der Waals surface area contributed by atoms with Gasteiger partial charge in [0.25, 0.3) is 0 Å². The number of halogens is 3. The molecule has 146 valence electrons. The third-order valence-corrected chi connectivity index (χ3v) is 6.60. The molecule has 10 heteroatoms. The van der Waals surface area contributed by atoms with Crippen molar-refractivity contribution in [2.24, 2.45) is 0 Å². The molecule has 0 radical (unpaired) electrons. The van der Waals surface area contributed by atoms with Crippen LogP contribution in [-0.4, -0.2) is 18.4 Å². The van der Waals surface area contributed by atoms with E-state index >= 15 is 0 Å². The van der Waals surface area contributed by atoms with Crippen molar-refractivity contribution in [3.05, 3.63) is 68.9 Å². The van der Waals surface area contributed by atoms with E-state index in [2.05, 4.69) is 14.7 Å². The normalized spacial score (nSPS) is 11.6. The molecule has 3 rings (SSSR count). The van der Waals surface area contributed by atoms with Crippen LogP contribution in [0.15, 0.2) is 47.5 Å². The zero-order valence-corrected chi connectivity index (χ0v) is 17.7. The van der Waals surface area contributed by atoms with E-state index in [9.17, 15) is 8.42 Å². The third-order valence-electron chi connectivity index (χ3n) is 3.98. The Balaban J connectivity index is 1.91. The lowest BCUT2D eigenvalue weighted by molar-refractivity contribution is 0.581. The molecule has 0 aliphatic heterocycles. The number of rotatable bonds is 5. The van der Waals surface area contributed by atoms with Gasteiger partial charge in [0.05, 0.1) is 20.8 Å². The van der Waals surface area contributed by atoms with Crippen LogP contribution in [0.3, 0.4) is 0 Å². The number of nitrogens with zero attached hydrogens (tertiary/aromatic N) is 2. The molecular weight excluding hydrogens is 443 g/mol. The fourth-order valence-electron chi connectivity index (χ4n) is 2.55. The quantitative estimate of drug-likeness (QED) is 0.589. The molecule has 0 amide bonds. The van der Waals surface area contributed by atoms with Gasteiger partial charge in [-0.05, 0) is 42.3 Å². The number of benzene rings is 2. The van der Waals surface area contributed by atoms with E-state index in [0.717, 1.165) is 0 Å². The average molecular weight is 458 g/mol. The van der Waals surface area contributed by atoms with Gasteiger partial charge in [-0.25, -0.2) is 23.1 Å². The maximum absolute atomic E-state index is 12.8. The SMILES string of the molecule is Cc1nc(N)ncc1-c1ccc(Cl)c(S(=O)(=O)NCc2ccc(Cl)c(Cl)c2)c1. The van der Waals surface area contributed by atoms with Crippen LogP contribution in [-0.2, 0) is 16.6 Å². The highest BCUT2D eigenvalue weighted by Gasteiger charge is 2.19. The fourth-order valence-corrected chi connectivity index (χ4v) is 4.41. The molecule has 0 saturated carbocycles. The van der Waals surface area contributed by atoms with Crippen molar-refractivity contribution in [1.29, 1.82) is 0 Å². The van der Waals surface area contributed by atoms with Gasteiger partial charge >= 0.3 is 0 Å². The first kappa shape index (κ1) is 20.8. The molecule has 1 heterocycles. The molecule has 0 aliphatic carbocycles. The maximum Gasteiger partial charge on any atom is 0.242 e. The van der Waals surface area contributed by atoms with Crippen LogP contribution in [0.2, 0.25) is 15.1 Å². The second kappa shape index (κ2) is 8.23. The van der Waals surface area contributed by atoms with Crippen LogP contribution < -0.4 is 10.5 Å². The number of aromatic nitrogens is 2. The summed E-state index contributed by atoms with van der Waals surface area (Å²) in [4.78, 5) is 8.02. The summed E-state index contributed by atoms with van der Waals surface area (Å²) in [6, 6.07) is 9.57. The highest BCUT2D eigenvalue weighted by molar-refractivity contribution is 7.89. The Bertz CT molecular complexity index is 1150. The van der Waals surface area contributed by atoms with Crippen molar-refractivity contribution < 1.29 is 8.42 Å². The third kappa shape index (κ3) is 4.56. The van der Waals surface area contributed by atoms with Crippen molar-refractivity contribution in [3.63, 3.8) is 0 Å². The van der Waals surface area contributed by atoms with Crippen molar-refractivity contribution in [1.82, 2.24) is 14.7 Å². The summed E-state index contributed by atoms with van der Waals surface area (Å²) in [5, 5.41) is 0.835. The molecule has 0 aliphatic rings. The lowest BCUT2D eigenvalue weighted by Crippen LogP contribution is -2.23. The van der Waals surface area contributed by atoms with Gasteiger partial charge in [-0.15, -0.1) is 0 Å². The lowest BCUT2D eigenvalue weighted by atomic mass is 10.1. The Morgan fingerprint density at radius 2 is 1.75 bits per heavy atom. The van der Waals surface area contributed by atoms with Gasteiger partial charge in [0.15, 0.2) is 0 Å². The van der Waals surface area contributed by atoms with Gasteiger partial charge in [-0.1, -0.05) is 46.9 Å². The zero-order chi connectivity index (χ0) is 20.5. The average Bonchev–Trinajstić information content (AvgIpc) is 2.63. The monoisotopic (exact) mass is 456 g/mol. The van der Waals surface area contributed by atoms with Crippen LogP contribution in [0, 0.1) is 6.92 Å². The van der Waals surface area contributed by atoms with Crippen molar-refractivity contribution >= 4 is 50.8 Å². The van der Waals surface area contributed by atoms with E-state index in [1.54, 1.807) is 37.4 Å². The Kier molecular flexibility index (Phi) is 6.12. The molecule has 6 nitrogen and oxygen atoms in total. The smallest absolute Gasteiger partial charge is 0.242 e. The zero-order valence-electron chi connectivity index (χ0n) is 14.6. The number of nitrogen functional groups attached to an aromatic ring is 1. The Labute approximate surface area is 177 Å². The summed E-state index contributed by atoms with van der Waals surface area (Å²) in [5.74, 6) is 0.145. The van der Waals surface area contributed by atoms with Crippen molar-refractivity contribution in [2.75, 3.05) is 5.73 Å². The molecule has 28 heavy (non-hydrogen) atoms. The Hall–Kier alpha value is -1.90. The molecule has 2 aromatic carbocycles. The van der Waals surface area contributed by atoms with Crippen LogP contribution in [0.1, 0.15) is 11.3 Å². The van der Waals surface area contributed by atoms with E-state index in [0.29, 0.717) is 32.4 Å². The van der Waals surface area contributed by atoms with Gasteiger partial charge < -0.3 is 5.73 Å². The van der Waals surface area contributed by atoms with E-state index in [-0.39, 0.29) is 22.4 Å². The van der Waals surface area contributed by atoms with E-state index in [1.165, 1.54) is 12.1 Å². The molecule has 3 N–H and O–H groups in total. The minimum Gasteiger partial charge on any atom is -0.368 e. The van der Waals surface area contributed by atoms with Crippen LogP contribution in [0.25, 0.3) is 11.1 Å². The van der Waals surface area contributed by atoms with Crippen LogP contribution in [0.4, 0.5) is 5.95 Å². The molecule has 0 fully saturated rings. The number of aryl methyl sites for hydroxylation is 1. The number of nitrogens with two attached hydrogens (primary N) is 1. The lowest BCUT2D eigenvalue weighted by Gasteiger charge is -2.12. The highest BCUT2D eigenvalue weighted by Crippen LogP contribution is 2.30. The molecule has 0 bridgehead atoms. The summed E-state index contributed by atoms with van der Waals surface area (Å²) < 4.78 is 28.1. The summed E-state index contributed by atoms with van der Waals surface area (Å²) in [6.07, 6.45) is 1.54. The molecule has 3 aromatic rings. The molecule has 0 spiro atoms. The van der Waals surface area contributed by atoms with Crippen molar-refractivity contribution in [3.8, 4) is 11.1 Å². The number of hydrogen-bond acceptors (Lipinski definition) is 5.